The van der Waals surface area contributed by atoms with Crippen LogP contribution in [0.5, 0.6) is 11.5 Å². The van der Waals surface area contributed by atoms with Gasteiger partial charge in [-0.3, -0.25) is 4.79 Å². The summed E-state index contributed by atoms with van der Waals surface area (Å²) in [6, 6.07) is 17.2. The van der Waals surface area contributed by atoms with Gasteiger partial charge in [-0.1, -0.05) is 30.3 Å². The van der Waals surface area contributed by atoms with Crippen molar-refractivity contribution in [3.63, 3.8) is 0 Å². The number of hydrogen-bond donors (Lipinski definition) is 1. The summed E-state index contributed by atoms with van der Waals surface area (Å²) in [6.07, 6.45) is 0. The van der Waals surface area contributed by atoms with E-state index in [1.54, 1.807) is 24.3 Å². The lowest BCUT2D eigenvalue weighted by molar-refractivity contribution is -0.118. The van der Waals surface area contributed by atoms with Crippen LogP contribution in [0.2, 0.25) is 0 Å². The van der Waals surface area contributed by atoms with Crippen LogP contribution in [-0.2, 0) is 11.4 Å². The van der Waals surface area contributed by atoms with Crippen molar-refractivity contribution < 1.29 is 27.4 Å². The molecule has 1 N–H and O–H groups in total. The highest BCUT2D eigenvalue weighted by Crippen LogP contribution is 2.20. The van der Waals surface area contributed by atoms with E-state index in [1.807, 2.05) is 30.3 Å². The molecule has 28 heavy (non-hydrogen) atoms. The Kier molecular flexibility index (Phi) is 6.16. The van der Waals surface area contributed by atoms with Crippen molar-refractivity contribution in [2.75, 3.05) is 11.9 Å². The predicted octanol–water partition coefficient (Wildman–Crippen LogP) is 4.70. The number of nitrogens with one attached hydrogen (secondary N) is 1. The van der Waals surface area contributed by atoms with E-state index in [-0.39, 0.29) is 0 Å². The first-order chi connectivity index (χ1) is 13.5. The zero-order valence-corrected chi connectivity index (χ0v) is 14.6. The van der Waals surface area contributed by atoms with E-state index in [0.29, 0.717) is 30.2 Å². The summed E-state index contributed by atoms with van der Waals surface area (Å²) in [5.74, 6) is -3.36. The van der Waals surface area contributed by atoms with E-state index >= 15 is 0 Å². The largest absolute Gasteiger partial charge is 0.489 e. The average molecular weight is 387 g/mol. The Morgan fingerprint density at radius 3 is 2.07 bits per heavy atom. The minimum Gasteiger partial charge on any atom is -0.489 e. The van der Waals surface area contributed by atoms with Crippen molar-refractivity contribution in [2.24, 2.45) is 0 Å². The molecular weight excluding hydrogens is 371 g/mol. The van der Waals surface area contributed by atoms with Crippen LogP contribution in [0, 0.1) is 17.5 Å². The van der Waals surface area contributed by atoms with Gasteiger partial charge in [0.2, 0.25) is 0 Å². The highest BCUT2D eigenvalue weighted by molar-refractivity contribution is 5.92. The van der Waals surface area contributed by atoms with E-state index in [4.69, 9.17) is 9.47 Å². The number of anilines is 1. The van der Waals surface area contributed by atoms with Gasteiger partial charge in [0, 0.05) is 12.1 Å². The topological polar surface area (TPSA) is 47.6 Å². The predicted molar refractivity (Wildman–Crippen MR) is 97.7 cm³/mol. The molecule has 0 bridgehead atoms. The van der Waals surface area contributed by atoms with Crippen molar-refractivity contribution in [3.05, 3.63) is 89.7 Å². The Balaban J connectivity index is 1.49. The molecule has 144 valence electrons. The summed E-state index contributed by atoms with van der Waals surface area (Å²) in [6.45, 7) is -0.00804. The maximum Gasteiger partial charge on any atom is 0.262 e. The summed E-state index contributed by atoms with van der Waals surface area (Å²) in [5.41, 5.74) is 0.570. The minimum absolute atomic E-state index is 0.361. The number of amides is 1. The fraction of sp³-hybridized carbons (Fsp3) is 0.0952. The van der Waals surface area contributed by atoms with Crippen LogP contribution < -0.4 is 14.8 Å². The molecule has 0 saturated carbocycles. The standard InChI is InChI=1S/C21H16F3NO3/c22-17-10-19(24)20(11-18(17)23)25-21(26)13-28-16-8-6-15(7-9-16)27-12-14-4-2-1-3-5-14/h1-11H,12-13H2,(H,25,26). The Labute approximate surface area is 159 Å². The molecule has 0 atom stereocenters. The number of rotatable bonds is 7. The van der Waals surface area contributed by atoms with Gasteiger partial charge < -0.3 is 14.8 Å². The Hall–Kier alpha value is -3.48. The van der Waals surface area contributed by atoms with Crippen molar-refractivity contribution >= 4 is 11.6 Å². The molecule has 7 heteroatoms. The molecular formula is C21H16F3NO3. The number of halogens is 3. The van der Waals surface area contributed by atoms with Crippen molar-refractivity contribution in [2.45, 2.75) is 6.61 Å². The molecule has 0 unspecified atom stereocenters. The average Bonchev–Trinajstić information content (AvgIpc) is 2.70. The van der Waals surface area contributed by atoms with Crippen LogP contribution in [0.4, 0.5) is 18.9 Å². The van der Waals surface area contributed by atoms with Gasteiger partial charge in [-0.2, -0.15) is 0 Å². The quantitative estimate of drug-likeness (QED) is 0.598. The van der Waals surface area contributed by atoms with Gasteiger partial charge in [0.25, 0.3) is 5.91 Å². The lowest BCUT2D eigenvalue weighted by Crippen LogP contribution is -2.21. The van der Waals surface area contributed by atoms with Gasteiger partial charge in [-0.15, -0.1) is 0 Å². The van der Waals surface area contributed by atoms with E-state index < -0.39 is 35.7 Å². The molecule has 0 spiro atoms. The number of hydrogen-bond acceptors (Lipinski definition) is 3. The van der Waals surface area contributed by atoms with Crippen LogP contribution >= 0.6 is 0 Å². The summed E-state index contributed by atoms with van der Waals surface area (Å²) in [7, 11) is 0. The number of carbonyl (C=O) groups is 1. The summed E-state index contributed by atoms with van der Waals surface area (Å²) in [5, 5.41) is 2.13. The fourth-order valence-electron chi connectivity index (χ4n) is 2.33. The molecule has 0 saturated heterocycles. The van der Waals surface area contributed by atoms with Gasteiger partial charge >= 0.3 is 0 Å². The summed E-state index contributed by atoms with van der Waals surface area (Å²) < 4.78 is 50.5. The third kappa shape index (κ3) is 5.26. The molecule has 0 heterocycles. The molecule has 0 aliphatic rings. The molecule has 4 nitrogen and oxygen atoms in total. The molecule has 0 aromatic heterocycles. The third-order valence-electron chi connectivity index (χ3n) is 3.73. The van der Waals surface area contributed by atoms with Crippen LogP contribution in [0.3, 0.4) is 0 Å². The van der Waals surface area contributed by atoms with Gasteiger partial charge in [0.15, 0.2) is 18.2 Å². The van der Waals surface area contributed by atoms with Gasteiger partial charge in [0.1, 0.15) is 23.9 Å². The molecule has 0 aliphatic heterocycles. The zero-order valence-electron chi connectivity index (χ0n) is 14.6. The maximum absolute atomic E-state index is 13.5. The van der Waals surface area contributed by atoms with Gasteiger partial charge in [-0.05, 0) is 29.8 Å². The lowest BCUT2D eigenvalue weighted by atomic mass is 10.2. The summed E-state index contributed by atoms with van der Waals surface area (Å²) in [4.78, 5) is 11.8. The highest BCUT2D eigenvalue weighted by atomic mass is 19.2. The molecule has 0 radical (unpaired) electrons. The fourth-order valence-corrected chi connectivity index (χ4v) is 2.33. The second-order valence-electron chi connectivity index (χ2n) is 5.83. The first-order valence-corrected chi connectivity index (χ1v) is 8.35. The molecule has 0 aliphatic carbocycles. The van der Waals surface area contributed by atoms with Crippen molar-refractivity contribution in [1.82, 2.24) is 0 Å². The SMILES string of the molecule is O=C(COc1ccc(OCc2ccccc2)cc1)Nc1cc(F)c(F)cc1F. The number of ether oxygens (including phenoxy) is 2. The Morgan fingerprint density at radius 1 is 0.786 bits per heavy atom. The van der Waals surface area contributed by atoms with Crippen molar-refractivity contribution in [1.29, 1.82) is 0 Å². The second kappa shape index (κ2) is 8.94. The Bertz CT molecular complexity index is 947. The zero-order chi connectivity index (χ0) is 19.9. The number of benzene rings is 3. The first kappa shape index (κ1) is 19.3. The molecule has 3 aromatic carbocycles. The second-order valence-corrected chi connectivity index (χ2v) is 5.83. The summed E-state index contributed by atoms with van der Waals surface area (Å²) >= 11 is 0. The van der Waals surface area contributed by atoms with E-state index in [2.05, 4.69) is 5.32 Å². The van der Waals surface area contributed by atoms with E-state index in [9.17, 15) is 18.0 Å². The van der Waals surface area contributed by atoms with E-state index in [1.165, 1.54) is 0 Å². The molecule has 1 amide bonds. The normalized spacial score (nSPS) is 10.4. The van der Waals surface area contributed by atoms with Gasteiger partial charge in [0.05, 0.1) is 5.69 Å². The smallest absolute Gasteiger partial charge is 0.262 e. The van der Waals surface area contributed by atoms with Crippen molar-refractivity contribution in [3.8, 4) is 11.5 Å². The highest BCUT2D eigenvalue weighted by Gasteiger charge is 2.12. The first-order valence-electron chi connectivity index (χ1n) is 8.35. The monoisotopic (exact) mass is 387 g/mol. The molecule has 3 rings (SSSR count). The molecule has 0 fully saturated rings. The van der Waals surface area contributed by atoms with Crippen LogP contribution in [0.15, 0.2) is 66.7 Å². The Morgan fingerprint density at radius 2 is 1.39 bits per heavy atom. The third-order valence-corrected chi connectivity index (χ3v) is 3.73. The lowest BCUT2D eigenvalue weighted by Gasteiger charge is -2.10. The molecule has 3 aromatic rings. The maximum atomic E-state index is 13.5. The number of carbonyl (C=O) groups excluding carboxylic acids is 1. The minimum atomic E-state index is -1.33. The van der Waals surface area contributed by atoms with Crippen LogP contribution in [0.1, 0.15) is 5.56 Å². The van der Waals surface area contributed by atoms with Crippen LogP contribution in [0.25, 0.3) is 0 Å². The van der Waals surface area contributed by atoms with Crippen LogP contribution in [-0.4, -0.2) is 12.5 Å². The van der Waals surface area contributed by atoms with Gasteiger partial charge in [-0.25, -0.2) is 13.2 Å². The van der Waals surface area contributed by atoms with E-state index in [0.717, 1.165) is 5.56 Å².